The van der Waals surface area contributed by atoms with Crippen LogP contribution in [0.1, 0.15) is 32.1 Å². The third-order valence-electron chi connectivity index (χ3n) is 4.09. The molecule has 4 heteroatoms. The van der Waals surface area contributed by atoms with E-state index >= 15 is 0 Å². The molecule has 0 radical (unpaired) electrons. The topological polar surface area (TPSA) is 32.8 Å². The minimum absolute atomic E-state index is 0.282. The zero-order valence-corrected chi connectivity index (χ0v) is 11.6. The Morgan fingerprint density at radius 1 is 1.33 bits per heavy atom. The van der Waals surface area contributed by atoms with Crippen molar-refractivity contribution in [3.63, 3.8) is 0 Å². The van der Waals surface area contributed by atoms with Crippen LogP contribution in [0.5, 0.6) is 0 Å². The molecule has 0 aromatic carbocycles. The fraction of sp³-hybridized carbons (Fsp3) is 0.929. The summed E-state index contributed by atoms with van der Waals surface area (Å²) in [5.74, 6) is 0.727. The summed E-state index contributed by atoms with van der Waals surface area (Å²) < 4.78 is 5.42. The molecule has 18 heavy (non-hydrogen) atoms. The van der Waals surface area contributed by atoms with Gasteiger partial charge in [0, 0.05) is 39.8 Å². The number of likely N-dealkylation sites (tertiary alicyclic amines) is 1. The highest BCUT2D eigenvalue weighted by Crippen LogP contribution is 2.18. The monoisotopic (exact) mass is 254 g/mol. The van der Waals surface area contributed by atoms with E-state index in [0.29, 0.717) is 12.3 Å². The van der Waals surface area contributed by atoms with Crippen molar-refractivity contribution in [1.82, 2.24) is 9.80 Å². The lowest BCUT2D eigenvalue weighted by atomic mass is 9.98. The number of hydrogen-bond donors (Lipinski definition) is 0. The van der Waals surface area contributed by atoms with Crippen LogP contribution in [-0.4, -0.2) is 62.1 Å². The first-order valence-electron chi connectivity index (χ1n) is 7.30. The SMILES string of the molecule is CN(CCN1CCCC1)C(=O)C[C@H]1CCCOC1. The van der Waals surface area contributed by atoms with Gasteiger partial charge in [-0.15, -0.1) is 0 Å². The van der Waals surface area contributed by atoms with Crippen LogP contribution in [0.4, 0.5) is 0 Å². The second kappa shape index (κ2) is 7.10. The molecule has 0 aromatic rings. The highest BCUT2D eigenvalue weighted by molar-refractivity contribution is 5.76. The Kier molecular flexibility index (Phi) is 5.45. The van der Waals surface area contributed by atoms with E-state index in [1.54, 1.807) is 0 Å². The summed E-state index contributed by atoms with van der Waals surface area (Å²) in [6.07, 6.45) is 5.55. The van der Waals surface area contributed by atoms with Crippen LogP contribution in [0.2, 0.25) is 0 Å². The lowest BCUT2D eigenvalue weighted by Crippen LogP contribution is -2.36. The summed E-state index contributed by atoms with van der Waals surface area (Å²) in [6, 6.07) is 0. The van der Waals surface area contributed by atoms with Gasteiger partial charge in [-0.3, -0.25) is 4.79 Å². The maximum Gasteiger partial charge on any atom is 0.222 e. The summed E-state index contributed by atoms with van der Waals surface area (Å²) in [5, 5.41) is 0. The van der Waals surface area contributed by atoms with Crippen molar-refractivity contribution in [2.24, 2.45) is 5.92 Å². The average molecular weight is 254 g/mol. The Morgan fingerprint density at radius 3 is 2.78 bits per heavy atom. The first-order chi connectivity index (χ1) is 8.75. The largest absolute Gasteiger partial charge is 0.381 e. The van der Waals surface area contributed by atoms with E-state index in [4.69, 9.17) is 4.74 Å². The zero-order chi connectivity index (χ0) is 12.8. The molecule has 0 aliphatic carbocycles. The van der Waals surface area contributed by atoms with E-state index < -0.39 is 0 Å². The molecule has 2 heterocycles. The molecule has 2 aliphatic heterocycles. The number of carbonyl (C=O) groups is 1. The molecule has 0 saturated carbocycles. The molecule has 0 bridgehead atoms. The molecular formula is C14H26N2O2. The Labute approximate surface area is 110 Å². The first kappa shape index (κ1) is 13.8. The van der Waals surface area contributed by atoms with Crippen molar-refractivity contribution in [2.45, 2.75) is 32.1 Å². The molecule has 1 amide bonds. The molecule has 0 aromatic heterocycles. The second-order valence-corrected chi connectivity index (χ2v) is 5.65. The van der Waals surface area contributed by atoms with E-state index in [-0.39, 0.29) is 5.91 Å². The minimum Gasteiger partial charge on any atom is -0.381 e. The van der Waals surface area contributed by atoms with Crippen LogP contribution >= 0.6 is 0 Å². The molecule has 1 atom stereocenters. The van der Waals surface area contributed by atoms with Gasteiger partial charge in [-0.05, 0) is 44.7 Å². The van der Waals surface area contributed by atoms with E-state index in [0.717, 1.165) is 39.1 Å². The number of ether oxygens (including phenoxy) is 1. The Hall–Kier alpha value is -0.610. The predicted octanol–water partition coefficient (Wildman–Crippen LogP) is 1.36. The molecule has 0 spiro atoms. The summed E-state index contributed by atoms with van der Waals surface area (Å²) in [7, 11) is 1.93. The van der Waals surface area contributed by atoms with Gasteiger partial charge in [-0.2, -0.15) is 0 Å². The van der Waals surface area contributed by atoms with Gasteiger partial charge in [0.1, 0.15) is 0 Å². The smallest absolute Gasteiger partial charge is 0.222 e. The number of rotatable bonds is 5. The number of carbonyl (C=O) groups excluding carboxylic acids is 1. The summed E-state index contributed by atoms with van der Waals surface area (Å²) in [5.41, 5.74) is 0. The fourth-order valence-corrected chi connectivity index (χ4v) is 2.79. The van der Waals surface area contributed by atoms with Gasteiger partial charge in [-0.25, -0.2) is 0 Å². The molecule has 0 unspecified atom stereocenters. The standard InChI is InChI=1S/C14H26N2O2/c1-15(8-9-16-6-2-3-7-16)14(17)11-13-5-4-10-18-12-13/h13H,2-12H2,1H3/t13-/m1/s1. The van der Waals surface area contributed by atoms with Crippen molar-refractivity contribution >= 4 is 5.91 Å². The zero-order valence-electron chi connectivity index (χ0n) is 11.6. The molecule has 2 fully saturated rings. The number of nitrogens with zero attached hydrogens (tertiary/aromatic N) is 2. The number of likely N-dealkylation sites (N-methyl/N-ethyl adjacent to an activating group) is 1. The highest BCUT2D eigenvalue weighted by Gasteiger charge is 2.20. The molecule has 4 nitrogen and oxygen atoms in total. The van der Waals surface area contributed by atoms with Gasteiger partial charge >= 0.3 is 0 Å². The van der Waals surface area contributed by atoms with Gasteiger partial charge < -0.3 is 14.5 Å². The molecule has 2 aliphatic rings. The van der Waals surface area contributed by atoms with Crippen molar-refractivity contribution in [3.8, 4) is 0 Å². The summed E-state index contributed by atoms with van der Waals surface area (Å²) in [4.78, 5) is 16.4. The van der Waals surface area contributed by atoms with Gasteiger partial charge in [-0.1, -0.05) is 0 Å². The molecule has 0 N–H and O–H groups in total. The van der Waals surface area contributed by atoms with Crippen molar-refractivity contribution in [3.05, 3.63) is 0 Å². The van der Waals surface area contributed by atoms with E-state index in [1.807, 2.05) is 11.9 Å². The minimum atomic E-state index is 0.282. The van der Waals surface area contributed by atoms with Gasteiger partial charge in [0.05, 0.1) is 0 Å². The average Bonchev–Trinajstić information content (AvgIpc) is 2.90. The third-order valence-corrected chi connectivity index (χ3v) is 4.09. The van der Waals surface area contributed by atoms with Crippen LogP contribution in [0, 0.1) is 5.92 Å². The van der Waals surface area contributed by atoms with Crippen LogP contribution in [0.25, 0.3) is 0 Å². The Bertz CT molecular complexity index is 259. The quantitative estimate of drug-likeness (QED) is 0.742. The van der Waals surface area contributed by atoms with Crippen LogP contribution < -0.4 is 0 Å². The molecule has 2 rings (SSSR count). The summed E-state index contributed by atoms with van der Waals surface area (Å²) >= 11 is 0. The molecule has 2 saturated heterocycles. The van der Waals surface area contributed by atoms with Gasteiger partial charge in [0.15, 0.2) is 0 Å². The van der Waals surface area contributed by atoms with E-state index in [9.17, 15) is 4.79 Å². The maximum atomic E-state index is 12.1. The molecule has 104 valence electrons. The van der Waals surface area contributed by atoms with Crippen molar-refractivity contribution in [1.29, 1.82) is 0 Å². The number of amides is 1. The Morgan fingerprint density at radius 2 is 2.11 bits per heavy atom. The fourth-order valence-electron chi connectivity index (χ4n) is 2.79. The lowest BCUT2D eigenvalue weighted by molar-refractivity contribution is -0.132. The second-order valence-electron chi connectivity index (χ2n) is 5.65. The lowest BCUT2D eigenvalue weighted by Gasteiger charge is -2.25. The van der Waals surface area contributed by atoms with E-state index in [1.165, 1.54) is 25.9 Å². The Balaban J connectivity index is 1.63. The third kappa shape index (κ3) is 4.25. The highest BCUT2D eigenvalue weighted by atomic mass is 16.5. The predicted molar refractivity (Wildman–Crippen MR) is 71.5 cm³/mol. The van der Waals surface area contributed by atoms with Crippen LogP contribution in [-0.2, 0) is 9.53 Å². The maximum absolute atomic E-state index is 12.1. The summed E-state index contributed by atoms with van der Waals surface area (Å²) in [6.45, 7) is 5.95. The number of hydrogen-bond acceptors (Lipinski definition) is 3. The van der Waals surface area contributed by atoms with Crippen molar-refractivity contribution < 1.29 is 9.53 Å². The normalized spacial score (nSPS) is 25.3. The van der Waals surface area contributed by atoms with Crippen LogP contribution in [0.3, 0.4) is 0 Å². The van der Waals surface area contributed by atoms with Crippen molar-refractivity contribution in [2.75, 3.05) is 46.4 Å². The van der Waals surface area contributed by atoms with Crippen LogP contribution in [0.15, 0.2) is 0 Å². The van der Waals surface area contributed by atoms with Gasteiger partial charge in [0.25, 0.3) is 0 Å². The van der Waals surface area contributed by atoms with Gasteiger partial charge in [0.2, 0.25) is 5.91 Å². The van der Waals surface area contributed by atoms with E-state index in [2.05, 4.69) is 4.90 Å². The first-order valence-corrected chi connectivity index (χ1v) is 7.30. The molecular weight excluding hydrogens is 228 g/mol.